The highest BCUT2D eigenvalue weighted by Gasteiger charge is 2.07. The summed E-state index contributed by atoms with van der Waals surface area (Å²) in [7, 11) is 1.71. The lowest BCUT2D eigenvalue weighted by atomic mass is 10.4. The summed E-state index contributed by atoms with van der Waals surface area (Å²) in [5.74, 6) is 0. The molecule has 1 aromatic heterocycles. The van der Waals surface area contributed by atoms with Crippen LogP contribution in [0, 0.1) is 0 Å². The van der Waals surface area contributed by atoms with Gasteiger partial charge < -0.3 is 10.1 Å². The second-order valence-corrected chi connectivity index (χ2v) is 5.70. The third kappa shape index (κ3) is 5.30. The predicted octanol–water partition coefficient (Wildman–Crippen LogP) is 2.56. The fourth-order valence-corrected chi connectivity index (χ4v) is 2.59. The molecule has 0 aliphatic heterocycles. The van der Waals surface area contributed by atoms with Crippen molar-refractivity contribution in [1.29, 1.82) is 0 Å². The maximum absolute atomic E-state index is 4.97. The number of hydrogen-bond donors (Lipinski definition) is 1. The van der Waals surface area contributed by atoms with Gasteiger partial charge in [0.05, 0.1) is 6.61 Å². The highest BCUT2D eigenvalue weighted by atomic mass is 79.9. The van der Waals surface area contributed by atoms with Crippen LogP contribution in [0.4, 0.5) is 0 Å². The molecule has 1 rings (SSSR count). The molecule has 5 heteroatoms. The van der Waals surface area contributed by atoms with Gasteiger partial charge in [-0.05, 0) is 28.1 Å². The summed E-state index contributed by atoms with van der Waals surface area (Å²) in [6.45, 7) is 4.79. The summed E-state index contributed by atoms with van der Waals surface area (Å²) in [5.41, 5.74) is 0. The van der Waals surface area contributed by atoms with Crippen molar-refractivity contribution in [1.82, 2.24) is 10.3 Å². The molecule has 1 atom stereocenters. The number of methoxy groups -OCH3 is 1. The van der Waals surface area contributed by atoms with Crippen molar-refractivity contribution >= 4 is 27.7 Å². The van der Waals surface area contributed by atoms with Gasteiger partial charge in [-0.15, -0.1) is 11.8 Å². The minimum Gasteiger partial charge on any atom is -0.383 e. The van der Waals surface area contributed by atoms with E-state index in [-0.39, 0.29) is 0 Å². The fourth-order valence-electron chi connectivity index (χ4n) is 1.17. The number of ether oxygens (including phenoxy) is 1. The first-order valence-electron chi connectivity index (χ1n) is 5.21. The van der Waals surface area contributed by atoms with Gasteiger partial charge in [-0.2, -0.15) is 0 Å². The van der Waals surface area contributed by atoms with Crippen molar-refractivity contribution in [2.45, 2.75) is 17.2 Å². The van der Waals surface area contributed by atoms with E-state index in [4.69, 9.17) is 4.74 Å². The smallest absolute Gasteiger partial charge is 0.110 e. The maximum Gasteiger partial charge on any atom is 0.110 e. The molecular formula is C11H17BrN2OS. The Bertz CT molecular complexity index is 312. The lowest BCUT2D eigenvalue weighted by molar-refractivity contribution is 0.199. The summed E-state index contributed by atoms with van der Waals surface area (Å²) in [6.07, 6.45) is 1.82. The van der Waals surface area contributed by atoms with Crippen molar-refractivity contribution in [2.24, 2.45) is 0 Å². The number of pyridine rings is 1. The van der Waals surface area contributed by atoms with Crippen LogP contribution in [0.25, 0.3) is 0 Å². The topological polar surface area (TPSA) is 34.1 Å². The first-order valence-corrected chi connectivity index (χ1v) is 6.88. The van der Waals surface area contributed by atoms with E-state index < -0.39 is 0 Å². The molecule has 3 nitrogen and oxygen atoms in total. The lowest BCUT2D eigenvalue weighted by Crippen LogP contribution is -2.26. The zero-order valence-electron chi connectivity index (χ0n) is 9.57. The molecule has 0 radical (unpaired) electrons. The molecule has 0 aromatic carbocycles. The number of thioether (sulfide) groups is 1. The van der Waals surface area contributed by atoms with E-state index in [0.29, 0.717) is 5.25 Å². The van der Waals surface area contributed by atoms with Crippen LogP contribution in [-0.2, 0) is 4.74 Å². The number of rotatable bonds is 7. The first kappa shape index (κ1) is 14.0. The molecule has 1 aromatic rings. The molecular weight excluding hydrogens is 288 g/mol. The van der Waals surface area contributed by atoms with Crippen molar-refractivity contribution < 1.29 is 4.74 Å². The first-order chi connectivity index (χ1) is 7.74. The minimum absolute atomic E-state index is 0.489. The van der Waals surface area contributed by atoms with Crippen LogP contribution in [0.2, 0.25) is 0 Å². The Balaban J connectivity index is 2.28. The number of hydrogen-bond acceptors (Lipinski definition) is 4. The van der Waals surface area contributed by atoms with E-state index >= 15 is 0 Å². The van der Waals surface area contributed by atoms with E-state index in [1.54, 1.807) is 18.9 Å². The summed E-state index contributed by atoms with van der Waals surface area (Å²) in [4.78, 5) is 4.33. The summed E-state index contributed by atoms with van der Waals surface area (Å²) in [5, 5.41) is 4.87. The van der Waals surface area contributed by atoms with Gasteiger partial charge in [0, 0.05) is 36.1 Å². The monoisotopic (exact) mass is 304 g/mol. The molecule has 1 N–H and O–H groups in total. The minimum atomic E-state index is 0.489. The van der Waals surface area contributed by atoms with E-state index in [0.717, 1.165) is 29.2 Å². The lowest BCUT2D eigenvalue weighted by Gasteiger charge is -2.12. The average molecular weight is 305 g/mol. The van der Waals surface area contributed by atoms with Crippen LogP contribution in [0.1, 0.15) is 6.92 Å². The second-order valence-electron chi connectivity index (χ2n) is 3.42. The van der Waals surface area contributed by atoms with Crippen molar-refractivity contribution in [2.75, 3.05) is 26.8 Å². The largest absolute Gasteiger partial charge is 0.383 e. The van der Waals surface area contributed by atoms with Crippen molar-refractivity contribution in [3.8, 4) is 0 Å². The molecule has 16 heavy (non-hydrogen) atoms. The van der Waals surface area contributed by atoms with Gasteiger partial charge >= 0.3 is 0 Å². The van der Waals surface area contributed by atoms with Gasteiger partial charge in [0.15, 0.2) is 0 Å². The van der Waals surface area contributed by atoms with E-state index in [2.05, 4.69) is 33.2 Å². The van der Waals surface area contributed by atoms with E-state index in [1.165, 1.54) is 0 Å². The standard InChI is InChI=1S/C11H17BrN2OS/c1-9(8-13-6-7-15-2)16-11-10(12)4-3-5-14-11/h3-5,9,13H,6-8H2,1-2H3. The molecule has 0 spiro atoms. The van der Waals surface area contributed by atoms with Crippen LogP contribution in [-0.4, -0.2) is 37.0 Å². The van der Waals surface area contributed by atoms with Crippen molar-refractivity contribution in [3.05, 3.63) is 22.8 Å². The molecule has 1 heterocycles. The van der Waals surface area contributed by atoms with Gasteiger partial charge in [-0.1, -0.05) is 6.92 Å². The molecule has 0 aliphatic rings. The molecule has 90 valence electrons. The SMILES string of the molecule is COCCNCC(C)Sc1ncccc1Br. The highest BCUT2D eigenvalue weighted by molar-refractivity contribution is 9.10. The van der Waals surface area contributed by atoms with Gasteiger partial charge in [-0.3, -0.25) is 0 Å². The fraction of sp³-hybridized carbons (Fsp3) is 0.545. The Hall–Kier alpha value is -0.100. The molecule has 0 aliphatic carbocycles. The summed E-state index contributed by atoms with van der Waals surface area (Å²) < 4.78 is 6.03. The third-order valence-electron chi connectivity index (χ3n) is 1.95. The Morgan fingerprint density at radius 2 is 2.44 bits per heavy atom. The summed E-state index contributed by atoms with van der Waals surface area (Å²) >= 11 is 5.26. The Labute approximate surface area is 109 Å². The normalized spacial score (nSPS) is 12.7. The average Bonchev–Trinajstić information content (AvgIpc) is 2.28. The van der Waals surface area contributed by atoms with Crippen LogP contribution in [0.5, 0.6) is 0 Å². The zero-order valence-corrected chi connectivity index (χ0v) is 12.0. The van der Waals surface area contributed by atoms with E-state index in [9.17, 15) is 0 Å². The second kappa shape index (κ2) is 8.06. The van der Waals surface area contributed by atoms with Gasteiger partial charge in [0.25, 0.3) is 0 Å². The molecule has 0 amide bonds. The molecule has 0 saturated carbocycles. The van der Waals surface area contributed by atoms with Gasteiger partial charge in [0.2, 0.25) is 0 Å². The molecule has 0 saturated heterocycles. The Morgan fingerprint density at radius 1 is 1.62 bits per heavy atom. The van der Waals surface area contributed by atoms with Crippen LogP contribution in [0.3, 0.4) is 0 Å². The van der Waals surface area contributed by atoms with Crippen LogP contribution in [0.15, 0.2) is 27.8 Å². The highest BCUT2D eigenvalue weighted by Crippen LogP contribution is 2.27. The van der Waals surface area contributed by atoms with Crippen molar-refractivity contribution in [3.63, 3.8) is 0 Å². The molecule has 0 bridgehead atoms. The molecule has 0 fully saturated rings. The third-order valence-corrected chi connectivity index (χ3v) is 3.97. The summed E-state index contributed by atoms with van der Waals surface area (Å²) in [6, 6.07) is 3.94. The zero-order chi connectivity index (χ0) is 11.8. The Kier molecular flexibility index (Phi) is 7.03. The van der Waals surface area contributed by atoms with Gasteiger partial charge in [-0.25, -0.2) is 4.98 Å². The van der Waals surface area contributed by atoms with Crippen LogP contribution >= 0.6 is 27.7 Å². The number of halogens is 1. The van der Waals surface area contributed by atoms with Gasteiger partial charge in [0.1, 0.15) is 5.03 Å². The number of nitrogens with one attached hydrogen (secondary N) is 1. The quantitative estimate of drug-likeness (QED) is 0.620. The Morgan fingerprint density at radius 3 is 3.12 bits per heavy atom. The number of aromatic nitrogens is 1. The van der Waals surface area contributed by atoms with E-state index in [1.807, 2.05) is 18.3 Å². The maximum atomic E-state index is 4.97. The number of nitrogens with zero attached hydrogens (tertiary/aromatic N) is 1. The molecule has 1 unspecified atom stereocenters. The predicted molar refractivity (Wildman–Crippen MR) is 72.0 cm³/mol. The van der Waals surface area contributed by atoms with Crippen LogP contribution < -0.4 is 5.32 Å².